The van der Waals surface area contributed by atoms with Gasteiger partial charge in [-0.05, 0) is 56.2 Å². The highest BCUT2D eigenvalue weighted by molar-refractivity contribution is 5.85. The number of benzene rings is 2. The fourth-order valence-corrected chi connectivity index (χ4v) is 5.68. The van der Waals surface area contributed by atoms with Crippen LogP contribution in [0.15, 0.2) is 48.5 Å². The highest BCUT2D eigenvalue weighted by atomic mass is 35.5. The molecule has 5 rings (SSSR count). The molecule has 0 unspecified atom stereocenters. The lowest BCUT2D eigenvalue weighted by Crippen LogP contribution is -2.56. The van der Waals surface area contributed by atoms with Crippen LogP contribution in [0.4, 0.5) is 0 Å². The molecular weight excluding hydrogens is 358 g/mol. The summed E-state index contributed by atoms with van der Waals surface area (Å²) in [4.78, 5) is 2.64. The molecule has 3 aliphatic rings. The van der Waals surface area contributed by atoms with Crippen LogP contribution in [0.25, 0.3) is 0 Å². The second-order valence-corrected chi connectivity index (χ2v) is 8.21. The molecule has 1 N–H and O–H groups in total. The first-order valence-electron chi connectivity index (χ1n) is 10.0. The highest BCUT2D eigenvalue weighted by Crippen LogP contribution is 2.58. The third-order valence-electron chi connectivity index (χ3n) is 6.96. The lowest BCUT2D eigenvalue weighted by Gasteiger charge is -2.51. The smallest absolute Gasteiger partial charge is 0.165 e. The number of likely N-dealkylation sites (tertiary alicyclic amines) is 1. The maximum atomic E-state index is 10.3. The molecule has 27 heavy (non-hydrogen) atoms. The summed E-state index contributed by atoms with van der Waals surface area (Å²) in [6.07, 6.45) is 6.15. The van der Waals surface area contributed by atoms with Gasteiger partial charge in [0.05, 0.1) is 0 Å². The van der Waals surface area contributed by atoms with Crippen molar-refractivity contribution >= 4 is 12.4 Å². The van der Waals surface area contributed by atoms with Gasteiger partial charge in [-0.1, -0.05) is 42.5 Å². The second kappa shape index (κ2) is 7.37. The Morgan fingerprint density at radius 1 is 1.07 bits per heavy atom. The number of piperidine rings is 1. The van der Waals surface area contributed by atoms with Crippen LogP contribution >= 0.6 is 12.4 Å². The van der Waals surface area contributed by atoms with E-state index >= 15 is 0 Å². The Morgan fingerprint density at radius 3 is 2.78 bits per heavy atom. The molecule has 0 aromatic heterocycles. The van der Waals surface area contributed by atoms with Crippen molar-refractivity contribution in [2.45, 2.75) is 43.6 Å². The summed E-state index contributed by atoms with van der Waals surface area (Å²) in [6.45, 7) is 3.41. The van der Waals surface area contributed by atoms with E-state index in [4.69, 9.17) is 4.74 Å². The van der Waals surface area contributed by atoms with Gasteiger partial charge >= 0.3 is 0 Å². The minimum absolute atomic E-state index is 0. The van der Waals surface area contributed by atoms with Crippen molar-refractivity contribution in [3.8, 4) is 11.5 Å². The zero-order valence-electron chi connectivity index (χ0n) is 15.6. The lowest BCUT2D eigenvalue weighted by molar-refractivity contribution is -0.00691. The van der Waals surface area contributed by atoms with Crippen molar-refractivity contribution in [2.24, 2.45) is 5.92 Å². The number of para-hydroxylation sites is 1. The summed E-state index contributed by atoms with van der Waals surface area (Å²) < 4.78 is 6.30. The average molecular weight is 386 g/mol. The van der Waals surface area contributed by atoms with E-state index in [1.807, 2.05) is 6.07 Å². The zero-order chi connectivity index (χ0) is 17.6. The zero-order valence-corrected chi connectivity index (χ0v) is 16.5. The Balaban J connectivity index is 0.00000180. The maximum Gasteiger partial charge on any atom is 0.165 e. The number of nitrogens with zero attached hydrogens (tertiary/aromatic N) is 1. The number of hydrogen-bond acceptors (Lipinski definition) is 3. The van der Waals surface area contributed by atoms with Crippen LogP contribution in [0.3, 0.4) is 0 Å². The number of fused-ring (bicyclic) bond motifs is 1. The van der Waals surface area contributed by atoms with Gasteiger partial charge < -0.3 is 14.7 Å². The van der Waals surface area contributed by atoms with Gasteiger partial charge in [0, 0.05) is 24.1 Å². The summed E-state index contributed by atoms with van der Waals surface area (Å²) in [7, 11) is 0. The van der Waals surface area contributed by atoms with E-state index in [0.717, 1.165) is 44.6 Å². The molecule has 2 aromatic rings. The minimum atomic E-state index is 0. The molecule has 1 spiro atoms. The van der Waals surface area contributed by atoms with Crippen molar-refractivity contribution in [1.82, 2.24) is 4.90 Å². The summed E-state index contributed by atoms with van der Waals surface area (Å²) in [5.74, 6) is 1.72. The standard InChI is InChI=1S/C23H27NO2.ClH/c25-20-10-5-9-19-22(20)26-21-11-4-8-18-16-24(15-13-23(18,19)21)14-12-17-6-2-1-3-7-17;/h1-3,5-7,9-10,18,21,25H,4,8,11-16H2;1H/t18-,21-,23-;/m0./s1. The van der Waals surface area contributed by atoms with Crippen LogP contribution in [0.2, 0.25) is 0 Å². The average Bonchev–Trinajstić information content (AvgIpc) is 3.02. The predicted molar refractivity (Wildman–Crippen MR) is 110 cm³/mol. The van der Waals surface area contributed by atoms with Gasteiger partial charge in [-0.15, -0.1) is 12.4 Å². The third-order valence-corrected chi connectivity index (χ3v) is 6.96. The third kappa shape index (κ3) is 3.01. The molecule has 1 saturated heterocycles. The molecule has 1 aliphatic carbocycles. The van der Waals surface area contributed by atoms with Gasteiger partial charge in [-0.25, -0.2) is 0 Å². The lowest BCUT2D eigenvalue weighted by atomic mass is 9.58. The van der Waals surface area contributed by atoms with Gasteiger partial charge in [-0.2, -0.15) is 0 Å². The van der Waals surface area contributed by atoms with E-state index in [0.29, 0.717) is 11.7 Å². The van der Waals surface area contributed by atoms with E-state index in [-0.39, 0.29) is 23.9 Å². The van der Waals surface area contributed by atoms with Gasteiger partial charge in [0.2, 0.25) is 0 Å². The number of phenols is 1. The molecule has 2 fully saturated rings. The number of ether oxygens (including phenoxy) is 1. The Labute approximate surface area is 167 Å². The van der Waals surface area contributed by atoms with E-state index in [1.165, 1.54) is 24.0 Å². The molecule has 2 aromatic carbocycles. The van der Waals surface area contributed by atoms with Crippen LogP contribution in [0.1, 0.15) is 36.8 Å². The molecule has 3 atom stereocenters. The number of hydrogen-bond donors (Lipinski definition) is 1. The Hall–Kier alpha value is -1.71. The monoisotopic (exact) mass is 385 g/mol. The van der Waals surface area contributed by atoms with Gasteiger partial charge in [0.1, 0.15) is 6.10 Å². The number of aromatic hydroxyl groups is 1. The maximum absolute atomic E-state index is 10.3. The molecular formula is C23H28ClNO2. The molecule has 3 nitrogen and oxygen atoms in total. The quantitative estimate of drug-likeness (QED) is 0.840. The summed E-state index contributed by atoms with van der Waals surface area (Å²) in [5, 5.41) is 10.3. The summed E-state index contributed by atoms with van der Waals surface area (Å²) in [5.41, 5.74) is 2.82. The van der Waals surface area contributed by atoms with Crippen molar-refractivity contribution in [2.75, 3.05) is 19.6 Å². The topological polar surface area (TPSA) is 32.7 Å². The van der Waals surface area contributed by atoms with Crippen LogP contribution < -0.4 is 4.74 Å². The molecule has 2 heterocycles. The Morgan fingerprint density at radius 2 is 1.93 bits per heavy atom. The van der Waals surface area contributed by atoms with Gasteiger partial charge in [-0.3, -0.25) is 0 Å². The van der Waals surface area contributed by atoms with Crippen LogP contribution in [-0.2, 0) is 11.8 Å². The summed E-state index contributed by atoms with van der Waals surface area (Å²) in [6, 6.07) is 16.8. The molecule has 2 aliphatic heterocycles. The van der Waals surface area contributed by atoms with Crippen molar-refractivity contribution in [1.29, 1.82) is 0 Å². The Bertz CT molecular complexity index is 796. The number of phenolic OH excluding ortho intramolecular Hbond substituents is 1. The number of rotatable bonds is 3. The largest absolute Gasteiger partial charge is 0.504 e. The van der Waals surface area contributed by atoms with Crippen molar-refractivity contribution < 1.29 is 9.84 Å². The molecule has 144 valence electrons. The predicted octanol–water partition coefficient (Wildman–Crippen LogP) is 4.56. The minimum Gasteiger partial charge on any atom is -0.504 e. The fourth-order valence-electron chi connectivity index (χ4n) is 5.68. The van der Waals surface area contributed by atoms with Crippen molar-refractivity contribution in [3.63, 3.8) is 0 Å². The molecule has 4 heteroatoms. The second-order valence-electron chi connectivity index (χ2n) is 8.21. The number of halogens is 1. The first-order chi connectivity index (χ1) is 12.8. The van der Waals surface area contributed by atoms with E-state index in [9.17, 15) is 5.11 Å². The first kappa shape index (κ1) is 18.6. The van der Waals surface area contributed by atoms with Crippen LogP contribution in [0.5, 0.6) is 11.5 Å². The SMILES string of the molecule is Cl.Oc1cccc2c1O[C@H]1CCC[C@H]3CN(CCc4ccccc4)CC[C@@]231. The molecule has 0 bridgehead atoms. The summed E-state index contributed by atoms with van der Waals surface area (Å²) >= 11 is 0. The Kier molecular flexibility index (Phi) is 5.09. The molecule has 0 radical (unpaired) electrons. The highest BCUT2D eigenvalue weighted by Gasteiger charge is 2.57. The molecule has 0 amide bonds. The van der Waals surface area contributed by atoms with Crippen LogP contribution in [0, 0.1) is 5.92 Å². The van der Waals surface area contributed by atoms with Gasteiger partial charge in [0.25, 0.3) is 0 Å². The van der Waals surface area contributed by atoms with Gasteiger partial charge in [0.15, 0.2) is 11.5 Å². The molecule has 1 saturated carbocycles. The first-order valence-corrected chi connectivity index (χ1v) is 10.0. The van der Waals surface area contributed by atoms with E-state index in [2.05, 4.69) is 41.3 Å². The van der Waals surface area contributed by atoms with Crippen molar-refractivity contribution in [3.05, 3.63) is 59.7 Å². The van der Waals surface area contributed by atoms with E-state index < -0.39 is 0 Å². The van der Waals surface area contributed by atoms with E-state index in [1.54, 1.807) is 6.07 Å². The van der Waals surface area contributed by atoms with Crippen LogP contribution in [-0.4, -0.2) is 35.7 Å². The fraction of sp³-hybridized carbons (Fsp3) is 0.478. The normalized spacial score (nSPS) is 29.0.